The van der Waals surface area contributed by atoms with Crippen LogP contribution < -0.4 is 4.90 Å². The van der Waals surface area contributed by atoms with Gasteiger partial charge in [-0.25, -0.2) is 4.79 Å². The smallest absolute Gasteiger partial charge is 0.338 e. The Kier molecular flexibility index (Phi) is 8.02. The molecule has 4 aromatic carbocycles. The van der Waals surface area contributed by atoms with Gasteiger partial charge < -0.3 is 14.4 Å². The van der Waals surface area contributed by atoms with Gasteiger partial charge in [-0.15, -0.1) is 0 Å². The molecule has 1 amide bonds. The number of carbonyl (C=O) groups excluding carboxylic acids is 2. The van der Waals surface area contributed by atoms with Gasteiger partial charge in [-0.3, -0.25) is 9.69 Å². The number of amides is 1. The lowest BCUT2D eigenvalue weighted by molar-refractivity contribution is -0.122. The van der Waals surface area contributed by atoms with Crippen LogP contribution in [0.5, 0.6) is 0 Å². The summed E-state index contributed by atoms with van der Waals surface area (Å²) in [5.41, 5.74) is 4.89. The number of nitrogens with zero attached hydrogens (tertiary/aromatic N) is 3. The Morgan fingerprint density at radius 2 is 1.40 bits per heavy atom. The van der Waals surface area contributed by atoms with E-state index in [0.29, 0.717) is 24.4 Å². The fourth-order valence-corrected chi connectivity index (χ4v) is 4.34. The highest BCUT2D eigenvalue weighted by Crippen LogP contribution is 2.34. The van der Waals surface area contributed by atoms with Crippen molar-refractivity contribution in [3.63, 3.8) is 0 Å². The van der Waals surface area contributed by atoms with Gasteiger partial charge >= 0.3 is 12.0 Å². The molecule has 0 aromatic heterocycles. The Labute approximate surface area is 233 Å². The summed E-state index contributed by atoms with van der Waals surface area (Å²) < 4.78 is 10.9. The molecule has 4 aromatic rings. The third-order valence-corrected chi connectivity index (χ3v) is 6.29. The van der Waals surface area contributed by atoms with Crippen LogP contribution in [0.2, 0.25) is 0 Å². The number of likely N-dealkylation sites (N-methyl/N-ethyl adjacent to an activating group) is 1. The summed E-state index contributed by atoms with van der Waals surface area (Å²) in [7, 11) is 0. The molecule has 0 atom stereocenters. The van der Waals surface area contributed by atoms with Gasteiger partial charge in [0, 0.05) is 23.6 Å². The van der Waals surface area contributed by atoms with E-state index in [4.69, 9.17) is 9.47 Å². The summed E-state index contributed by atoms with van der Waals surface area (Å²) in [5, 5.41) is 0. The fraction of sp³-hybridized carbons (Fsp3) is 0.121. The van der Waals surface area contributed by atoms with E-state index in [2.05, 4.69) is 34.2 Å². The van der Waals surface area contributed by atoms with Crippen LogP contribution >= 0.6 is 0 Å². The lowest BCUT2D eigenvalue weighted by Crippen LogP contribution is -2.29. The maximum Gasteiger partial charge on any atom is 0.338 e. The highest BCUT2D eigenvalue weighted by atomic mass is 16.5. The van der Waals surface area contributed by atoms with E-state index in [1.54, 1.807) is 37.3 Å². The minimum absolute atomic E-state index is 0.193. The summed E-state index contributed by atoms with van der Waals surface area (Å²) in [4.78, 5) is 33.2. The third kappa shape index (κ3) is 5.78. The van der Waals surface area contributed by atoms with Gasteiger partial charge in [-0.05, 0) is 86.2 Å². The Bertz CT molecular complexity index is 1490. The second-order valence-electron chi connectivity index (χ2n) is 8.92. The molecule has 1 saturated heterocycles. The van der Waals surface area contributed by atoms with Crippen LogP contribution in [0.3, 0.4) is 0 Å². The van der Waals surface area contributed by atoms with Gasteiger partial charge in [0.05, 0.1) is 17.9 Å². The van der Waals surface area contributed by atoms with Gasteiger partial charge in [-0.1, -0.05) is 48.5 Å². The zero-order valence-corrected chi connectivity index (χ0v) is 22.4. The predicted molar refractivity (Wildman–Crippen MR) is 157 cm³/mol. The summed E-state index contributed by atoms with van der Waals surface area (Å²) in [5.74, 6) is -0.459. The normalized spacial score (nSPS) is 14.8. The van der Waals surface area contributed by atoms with Crippen molar-refractivity contribution in [1.29, 1.82) is 0 Å². The van der Waals surface area contributed by atoms with Crippen LogP contribution in [0, 0.1) is 0 Å². The van der Waals surface area contributed by atoms with E-state index in [0.717, 1.165) is 22.6 Å². The molecule has 0 N–H and O–H groups in total. The molecule has 1 aliphatic heterocycles. The van der Waals surface area contributed by atoms with E-state index < -0.39 is 5.97 Å². The van der Waals surface area contributed by atoms with Gasteiger partial charge in [-0.2, -0.15) is 4.99 Å². The molecule has 1 aliphatic rings. The van der Waals surface area contributed by atoms with E-state index >= 15 is 0 Å². The van der Waals surface area contributed by atoms with E-state index in [1.165, 1.54) is 4.90 Å². The van der Waals surface area contributed by atoms with Gasteiger partial charge in [0.15, 0.2) is 5.76 Å². The molecular formula is C33H29N3O4. The number of anilines is 3. The second-order valence-corrected chi connectivity index (χ2v) is 8.92. The van der Waals surface area contributed by atoms with Gasteiger partial charge in [0.1, 0.15) is 0 Å². The zero-order valence-electron chi connectivity index (χ0n) is 22.4. The first-order valence-corrected chi connectivity index (χ1v) is 13.1. The maximum absolute atomic E-state index is 13.1. The molecular weight excluding hydrogens is 502 g/mol. The molecule has 0 radical (unpaired) electrons. The number of hydrogen-bond donors (Lipinski definition) is 0. The van der Waals surface area contributed by atoms with Crippen molar-refractivity contribution in [2.45, 2.75) is 13.8 Å². The number of benzene rings is 4. The lowest BCUT2D eigenvalue weighted by atomic mass is 10.1. The molecule has 0 bridgehead atoms. The second kappa shape index (κ2) is 12.1. The monoisotopic (exact) mass is 531 g/mol. The topological polar surface area (TPSA) is 71.4 Å². The molecule has 0 spiro atoms. The average Bonchev–Trinajstić information content (AvgIpc) is 3.28. The summed E-state index contributed by atoms with van der Waals surface area (Å²) in [6.45, 7) is 4.33. The average molecular weight is 532 g/mol. The van der Waals surface area contributed by atoms with Crippen LogP contribution in [-0.2, 0) is 14.3 Å². The number of para-hydroxylation sites is 2. The standard InChI is InChI=1S/C33H29N3O4/c1-3-35-31(37)30(40-33(35)34-26-19-17-25(18-20-26)32(38)39-4-2)23-24-15-21-29(22-16-24)36(27-11-7-5-8-12-27)28-13-9-6-10-14-28/h5-23H,3-4H2,1-2H3/b30-23+,34-33?. The fourth-order valence-electron chi connectivity index (χ4n) is 4.34. The van der Waals surface area contributed by atoms with Crippen molar-refractivity contribution in [3.8, 4) is 0 Å². The Morgan fingerprint density at radius 1 is 0.825 bits per heavy atom. The van der Waals surface area contributed by atoms with Gasteiger partial charge in [0.25, 0.3) is 5.91 Å². The van der Waals surface area contributed by atoms with Crippen molar-refractivity contribution in [2.24, 2.45) is 4.99 Å². The van der Waals surface area contributed by atoms with Crippen LogP contribution in [0.1, 0.15) is 29.8 Å². The van der Waals surface area contributed by atoms with E-state index in [-0.39, 0.29) is 17.7 Å². The maximum atomic E-state index is 13.1. The van der Waals surface area contributed by atoms with Crippen molar-refractivity contribution in [3.05, 3.63) is 126 Å². The number of esters is 1. The molecule has 7 heteroatoms. The number of amidine groups is 1. The van der Waals surface area contributed by atoms with Crippen LogP contribution in [0.4, 0.5) is 22.7 Å². The number of hydrogen-bond acceptors (Lipinski definition) is 6. The molecule has 5 rings (SSSR count). The Morgan fingerprint density at radius 3 is 1.95 bits per heavy atom. The quantitative estimate of drug-likeness (QED) is 0.177. The molecule has 0 saturated carbocycles. The minimum Gasteiger partial charge on any atom is -0.462 e. The molecule has 40 heavy (non-hydrogen) atoms. The van der Waals surface area contributed by atoms with Crippen molar-refractivity contribution >= 4 is 46.7 Å². The third-order valence-electron chi connectivity index (χ3n) is 6.29. The molecule has 1 heterocycles. The number of rotatable bonds is 8. The highest BCUT2D eigenvalue weighted by molar-refractivity contribution is 6.11. The Balaban J connectivity index is 1.38. The summed E-state index contributed by atoms with van der Waals surface area (Å²) >= 11 is 0. The van der Waals surface area contributed by atoms with E-state index in [9.17, 15) is 9.59 Å². The molecule has 1 fully saturated rings. The largest absolute Gasteiger partial charge is 0.462 e. The van der Waals surface area contributed by atoms with Gasteiger partial charge in [0.2, 0.25) is 0 Å². The van der Waals surface area contributed by atoms with Crippen LogP contribution in [-0.4, -0.2) is 35.9 Å². The Hall–Kier alpha value is -5.17. The SMILES string of the molecule is CCOC(=O)c1ccc(N=C2O/C(=C/c3ccc(N(c4ccccc4)c4ccccc4)cc3)C(=O)N2CC)cc1. The number of aliphatic imine (C=N–C) groups is 1. The van der Waals surface area contributed by atoms with Crippen molar-refractivity contribution in [2.75, 3.05) is 18.1 Å². The molecule has 200 valence electrons. The first-order chi connectivity index (χ1) is 19.6. The number of carbonyl (C=O) groups is 2. The molecule has 0 unspecified atom stereocenters. The van der Waals surface area contributed by atoms with Crippen molar-refractivity contribution in [1.82, 2.24) is 4.90 Å². The zero-order chi connectivity index (χ0) is 27.9. The molecule has 0 aliphatic carbocycles. The van der Waals surface area contributed by atoms with E-state index in [1.807, 2.05) is 67.6 Å². The first kappa shape index (κ1) is 26.4. The van der Waals surface area contributed by atoms with Crippen LogP contribution in [0.15, 0.2) is 120 Å². The van der Waals surface area contributed by atoms with Crippen LogP contribution in [0.25, 0.3) is 6.08 Å². The summed E-state index contributed by atoms with van der Waals surface area (Å²) in [6.07, 6.45) is 1.72. The first-order valence-electron chi connectivity index (χ1n) is 13.1. The molecule has 7 nitrogen and oxygen atoms in total. The predicted octanol–water partition coefficient (Wildman–Crippen LogP) is 7.24. The number of ether oxygens (including phenoxy) is 2. The highest BCUT2D eigenvalue weighted by Gasteiger charge is 2.33. The van der Waals surface area contributed by atoms with Crippen molar-refractivity contribution < 1.29 is 19.1 Å². The lowest BCUT2D eigenvalue weighted by Gasteiger charge is -2.25. The summed E-state index contributed by atoms with van der Waals surface area (Å²) in [6, 6.07) is 35.1. The minimum atomic E-state index is -0.393.